The molecule has 0 atom stereocenters. The first kappa shape index (κ1) is 17.6. The van der Waals surface area contributed by atoms with Gasteiger partial charge in [-0.1, -0.05) is 25.1 Å². The van der Waals surface area contributed by atoms with Crippen molar-refractivity contribution in [3.05, 3.63) is 63.7 Å². The first-order valence-corrected chi connectivity index (χ1v) is 8.37. The molecule has 2 heterocycles. The van der Waals surface area contributed by atoms with Crippen LogP contribution in [0.1, 0.15) is 39.9 Å². The molecule has 7 nitrogen and oxygen atoms in total. The summed E-state index contributed by atoms with van der Waals surface area (Å²) in [5.41, 5.74) is 1.81. The van der Waals surface area contributed by atoms with Crippen LogP contribution in [-0.2, 0) is 11.3 Å². The summed E-state index contributed by atoms with van der Waals surface area (Å²) in [6.45, 7) is 3.72. The number of rotatable bonds is 6. The number of esters is 1. The fraction of sp³-hybridized carbons (Fsp3) is 0.263. The molecule has 134 valence electrons. The molecule has 0 bridgehead atoms. The van der Waals surface area contributed by atoms with Gasteiger partial charge >= 0.3 is 5.97 Å². The van der Waals surface area contributed by atoms with Crippen molar-refractivity contribution in [3.63, 3.8) is 0 Å². The number of carbonyl (C=O) groups is 2. The minimum Gasteiger partial charge on any atom is -0.453 e. The number of aryl methyl sites for hydroxylation is 2. The van der Waals surface area contributed by atoms with E-state index in [0.29, 0.717) is 18.5 Å². The quantitative estimate of drug-likeness (QED) is 0.543. The molecule has 2 aromatic heterocycles. The number of nitrogens with one attached hydrogen (secondary N) is 1. The van der Waals surface area contributed by atoms with Crippen LogP contribution in [0, 0.1) is 6.92 Å². The number of Topliss-reactive ketones (excluding diaryl/α,β-unsaturated/α-hetero) is 1. The molecule has 1 aromatic carbocycles. The summed E-state index contributed by atoms with van der Waals surface area (Å²) in [5.74, 6) is -1.03. The normalized spacial score (nSPS) is 10.8. The molecule has 0 fully saturated rings. The average molecular weight is 353 g/mol. The van der Waals surface area contributed by atoms with E-state index in [1.807, 2.05) is 31.2 Å². The highest BCUT2D eigenvalue weighted by atomic mass is 16.5. The summed E-state index contributed by atoms with van der Waals surface area (Å²) in [6.07, 6.45) is 0.712. The number of aromatic amines is 1. The van der Waals surface area contributed by atoms with E-state index < -0.39 is 12.6 Å². The molecule has 0 aliphatic rings. The van der Waals surface area contributed by atoms with E-state index in [1.165, 1.54) is 16.8 Å². The number of nitrogens with zero attached hydrogens (tertiary/aromatic N) is 2. The summed E-state index contributed by atoms with van der Waals surface area (Å²) in [7, 11) is 0. The van der Waals surface area contributed by atoms with E-state index in [0.717, 1.165) is 16.6 Å². The zero-order valence-corrected chi connectivity index (χ0v) is 14.6. The van der Waals surface area contributed by atoms with Crippen molar-refractivity contribution < 1.29 is 14.3 Å². The Bertz CT molecular complexity index is 1030. The number of para-hydroxylation sites is 1. The minimum atomic E-state index is -0.735. The van der Waals surface area contributed by atoms with Gasteiger partial charge in [0.2, 0.25) is 5.78 Å². The van der Waals surface area contributed by atoms with E-state index in [2.05, 4.69) is 10.1 Å². The van der Waals surface area contributed by atoms with Gasteiger partial charge in [0.25, 0.3) is 5.56 Å². The van der Waals surface area contributed by atoms with Crippen LogP contribution in [0.25, 0.3) is 10.9 Å². The van der Waals surface area contributed by atoms with Crippen LogP contribution in [0.3, 0.4) is 0 Å². The summed E-state index contributed by atoms with van der Waals surface area (Å²) >= 11 is 0. The Morgan fingerprint density at radius 2 is 1.96 bits per heavy atom. The lowest BCUT2D eigenvalue weighted by atomic mass is 10.1. The Labute approximate surface area is 149 Å². The van der Waals surface area contributed by atoms with Gasteiger partial charge in [0.15, 0.2) is 12.3 Å². The molecular weight excluding hydrogens is 334 g/mol. The second-order valence-corrected chi connectivity index (χ2v) is 5.95. The molecular formula is C19H19N3O4. The summed E-state index contributed by atoms with van der Waals surface area (Å²) in [4.78, 5) is 39.5. The largest absolute Gasteiger partial charge is 0.453 e. The molecule has 7 heteroatoms. The van der Waals surface area contributed by atoms with Crippen molar-refractivity contribution >= 4 is 22.7 Å². The lowest BCUT2D eigenvalue weighted by molar-refractivity contribution is 0.0466. The Morgan fingerprint density at radius 1 is 1.19 bits per heavy atom. The zero-order valence-electron chi connectivity index (χ0n) is 14.6. The van der Waals surface area contributed by atoms with Crippen molar-refractivity contribution in [2.75, 3.05) is 6.61 Å². The minimum absolute atomic E-state index is 0.00139. The van der Waals surface area contributed by atoms with Crippen LogP contribution in [0.4, 0.5) is 0 Å². The first-order valence-electron chi connectivity index (χ1n) is 8.37. The Kier molecular flexibility index (Phi) is 4.97. The highest BCUT2D eigenvalue weighted by Gasteiger charge is 2.19. The molecule has 0 unspecified atom stereocenters. The molecule has 0 aliphatic heterocycles. The zero-order chi connectivity index (χ0) is 18.7. The summed E-state index contributed by atoms with van der Waals surface area (Å²) in [6, 6.07) is 10.0. The fourth-order valence-corrected chi connectivity index (χ4v) is 2.84. The number of fused-ring (bicyclic) bond motifs is 1. The predicted molar refractivity (Wildman–Crippen MR) is 96.4 cm³/mol. The average Bonchev–Trinajstić information content (AvgIpc) is 2.97. The van der Waals surface area contributed by atoms with Crippen molar-refractivity contribution in [2.24, 2.45) is 0 Å². The highest BCUT2D eigenvalue weighted by Crippen LogP contribution is 2.22. The van der Waals surface area contributed by atoms with Gasteiger partial charge in [-0.15, -0.1) is 0 Å². The van der Waals surface area contributed by atoms with Crippen molar-refractivity contribution in [1.29, 1.82) is 0 Å². The lowest BCUT2D eigenvalue weighted by Crippen LogP contribution is -2.25. The van der Waals surface area contributed by atoms with Crippen LogP contribution in [0.5, 0.6) is 0 Å². The van der Waals surface area contributed by atoms with Gasteiger partial charge in [0.05, 0.1) is 0 Å². The number of carbonyl (C=O) groups excluding carboxylic acids is 2. The second-order valence-electron chi connectivity index (χ2n) is 5.95. The standard InChI is InChI=1S/C19H19N3O4/c1-3-10-22-17(24)9-8-15(21-22)19(25)26-11-16(23)18-12(2)20-14-7-5-4-6-13(14)18/h4-9,20H,3,10-11H2,1-2H3. The molecule has 3 aromatic rings. The van der Waals surface area contributed by atoms with Gasteiger partial charge in [-0.2, -0.15) is 5.10 Å². The molecule has 0 amide bonds. The first-order chi connectivity index (χ1) is 12.5. The maximum Gasteiger partial charge on any atom is 0.359 e. The van der Waals surface area contributed by atoms with Crippen molar-refractivity contribution in [2.45, 2.75) is 26.8 Å². The van der Waals surface area contributed by atoms with Gasteiger partial charge in [0, 0.05) is 34.8 Å². The van der Waals surface area contributed by atoms with Crippen molar-refractivity contribution in [3.8, 4) is 0 Å². The molecule has 0 aliphatic carbocycles. The van der Waals surface area contributed by atoms with E-state index in [9.17, 15) is 14.4 Å². The summed E-state index contributed by atoms with van der Waals surface area (Å²) < 4.78 is 6.32. The molecule has 1 N–H and O–H groups in total. The van der Waals surface area contributed by atoms with Gasteiger partial charge in [0.1, 0.15) is 0 Å². The van der Waals surface area contributed by atoms with Gasteiger partial charge in [-0.05, 0) is 25.5 Å². The number of benzene rings is 1. The topological polar surface area (TPSA) is 94.1 Å². The third-order valence-electron chi connectivity index (χ3n) is 4.02. The van der Waals surface area contributed by atoms with E-state index in [-0.39, 0.29) is 17.0 Å². The Balaban J connectivity index is 1.75. The molecule has 0 radical (unpaired) electrons. The van der Waals surface area contributed by atoms with Crippen molar-refractivity contribution in [1.82, 2.24) is 14.8 Å². The van der Waals surface area contributed by atoms with Crippen LogP contribution in [0.15, 0.2) is 41.2 Å². The number of ether oxygens (including phenoxy) is 1. The van der Waals surface area contributed by atoms with Gasteiger partial charge < -0.3 is 9.72 Å². The SMILES string of the molecule is CCCn1nc(C(=O)OCC(=O)c2c(C)[nH]c3ccccc23)ccc1=O. The smallest absolute Gasteiger partial charge is 0.359 e. The number of hydrogen-bond acceptors (Lipinski definition) is 5. The maximum atomic E-state index is 12.5. The molecule has 0 saturated heterocycles. The second kappa shape index (κ2) is 7.35. The van der Waals surface area contributed by atoms with Crippen LogP contribution >= 0.6 is 0 Å². The summed E-state index contributed by atoms with van der Waals surface area (Å²) in [5, 5.41) is 4.77. The Hall–Kier alpha value is -3.22. The number of H-pyrrole nitrogens is 1. The van der Waals surface area contributed by atoms with E-state index >= 15 is 0 Å². The predicted octanol–water partition coefficient (Wildman–Crippen LogP) is 2.48. The van der Waals surface area contributed by atoms with Crippen LogP contribution in [0.2, 0.25) is 0 Å². The van der Waals surface area contributed by atoms with E-state index in [1.54, 1.807) is 6.92 Å². The van der Waals surface area contributed by atoms with Crippen LogP contribution in [-0.4, -0.2) is 33.1 Å². The number of aromatic nitrogens is 3. The maximum absolute atomic E-state index is 12.5. The van der Waals surface area contributed by atoms with Gasteiger partial charge in [-0.25, -0.2) is 9.48 Å². The van der Waals surface area contributed by atoms with Gasteiger partial charge in [-0.3, -0.25) is 9.59 Å². The third-order valence-corrected chi connectivity index (χ3v) is 4.02. The fourth-order valence-electron chi connectivity index (χ4n) is 2.84. The monoisotopic (exact) mass is 353 g/mol. The molecule has 0 saturated carbocycles. The molecule has 3 rings (SSSR count). The molecule has 26 heavy (non-hydrogen) atoms. The molecule has 0 spiro atoms. The Morgan fingerprint density at radius 3 is 2.73 bits per heavy atom. The van der Waals surface area contributed by atoms with E-state index in [4.69, 9.17) is 4.74 Å². The third kappa shape index (κ3) is 3.42. The lowest BCUT2D eigenvalue weighted by Gasteiger charge is -2.06. The number of hydrogen-bond donors (Lipinski definition) is 1. The van der Waals surface area contributed by atoms with Crippen LogP contribution < -0.4 is 5.56 Å². The highest BCUT2D eigenvalue weighted by molar-refractivity contribution is 6.10. The number of ketones is 1.